The predicted molar refractivity (Wildman–Crippen MR) is 91.2 cm³/mol. The Labute approximate surface area is 142 Å². The summed E-state index contributed by atoms with van der Waals surface area (Å²) in [5, 5.41) is 20.6. The molecule has 0 saturated carbocycles. The summed E-state index contributed by atoms with van der Waals surface area (Å²) in [6.07, 6.45) is 4.51. The average Bonchev–Trinajstić information content (AvgIpc) is 3.16. The van der Waals surface area contributed by atoms with Gasteiger partial charge in [0.25, 0.3) is 5.91 Å². The first-order valence-corrected chi connectivity index (χ1v) is 8.36. The maximum atomic E-state index is 12.0. The molecule has 1 fully saturated rings. The van der Waals surface area contributed by atoms with Crippen LogP contribution in [0.1, 0.15) is 36.2 Å². The van der Waals surface area contributed by atoms with Crippen molar-refractivity contribution in [2.24, 2.45) is 0 Å². The highest BCUT2D eigenvalue weighted by molar-refractivity contribution is 6.01. The van der Waals surface area contributed by atoms with Crippen molar-refractivity contribution in [2.45, 2.75) is 45.8 Å². The molecule has 0 bridgehead atoms. The summed E-state index contributed by atoms with van der Waals surface area (Å²) >= 11 is 0. The Kier molecular flexibility index (Phi) is 6.59. The van der Waals surface area contributed by atoms with Gasteiger partial charge in [0, 0.05) is 37.7 Å². The maximum absolute atomic E-state index is 12.0. The number of carbonyl (C=O) groups excluding carboxylic acids is 1. The smallest absolute Gasteiger partial charge is 0.261 e. The van der Waals surface area contributed by atoms with Gasteiger partial charge >= 0.3 is 0 Å². The molecule has 1 aromatic heterocycles. The molecule has 1 amide bonds. The molecule has 1 aromatic rings. The molecule has 2 rings (SSSR count). The maximum Gasteiger partial charge on any atom is 0.261 e. The normalized spacial score (nSPS) is 17.8. The highest BCUT2D eigenvalue weighted by atomic mass is 16.5. The van der Waals surface area contributed by atoms with Gasteiger partial charge in [-0.1, -0.05) is 0 Å². The lowest BCUT2D eigenvalue weighted by atomic mass is 10.1. The Morgan fingerprint density at radius 3 is 3.00 bits per heavy atom. The van der Waals surface area contributed by atoms with Crippen molar-refractivity contribution >= 4 is 12.0 Å². The summed E-state index contributed by atoms with van der Waals surface area (Å²) in [6.45, 7) is 6.00. The fourth-order valence-electron chi connectivity index (χ4n) is 2.93. The van der Waals surface area contributed by atoms with E-state index in [-0.39, 0.29) is 18.3 Å². The molecule has 6 heteroatoms. The van der Waals surface area contributed by atoms with Crippen molar-refractivity contribution in [1.29, 1.82) is 5.26 Å². The first-order chi connectivity index (χ1) is 11.6. The van der Waals surface area contributed by atoms with Crippen molar-refractivity contribution in [2.75, 3.05) is 19.8 Å². The van der Waals surface area contributed by atoms with Gasteiger partial charge in [-0.2, -0.15) is 5.26 Å². The SMILES string of the molecule is Cc1cc(/C=C(/C#N)C(=O)NCCCO)c(C)n1CC1CCCO1. The number of nitriles is 1. The summed E-state index contributed by atoms with van der Waals surface area (Å²) in [5.74, 6) is -0.408. The molecule has 0 aromatic carbocycles. The topological polar surface area (TPSA) is 87.3 Å². The van der Waals surface area contributed by atoms with Gasteiger partial charge in [0.1, 0.15) is 11.6 Å². The second-order valence-corrected chi connectivity index (χ2v) is 6.07. The Hall–Kier alpha value is -2.10. The minimum absolute atomic E-state index is 0.0102. The van der Waals surface area contributed by atoms with Crippen LogP contribution in [0, 0.1) is 25.2 Å². The third-order valence-electron chi connectivity index (χ3n) is 4.31. The number of amides is 1. The number of hydrogen-bond acceptors (Lipinski definition) is 4. The van der Waals surface area contributed by atoms with Crippen molar-refractivity contribution in [1.82, 2.24) is 9.88 Å². The van der Waals surface area contributed by atoms with E-state index in [1.54, 1.807) is 6.08 Å². The summed E-state index contributed by atoms with van der Waals surface area (Å²) in [4.78, 5) is 12.0. The number of aliphatic hydroxyl groups excluding tert-OH is 1. The number of nitrogens with one attached hydrogen (secondary N) is 1. The van der Waals surface area contributed by atoms with Gasteiger partial charge in [-0.05, 0) is 50.8 Å². The highest BCUT2D eigenvalue weighted by Gasteiger charge is 2.19. The van der Waals surface area contributed by atoms with Crippen LogP contribution in [0.3, 0.4) is 0 Å². The molecule has 24 heavy (non-hydrogen) atoms. The minimum Gasteiger partial charge on any atom is -0.396 e. The number of hydrogen-bond donors (Lipinski definition) is 2. The van der Waals surface area contributed by atoms with Gasteiger partial charge in [-0.25, -0.2) is 0 Å². The fourth-order valence-corrected chi connectivity index (χ4v) is 2.93. The van der Waals surface area contributed by atoms with E-state index in [4.69, 9.17) is 9.84 Å². The number of nitrogens with zero attached hydrogens (tertiary/aromatic N) is 2. The molecule has 6 nitrogen and oxygen atoms in total. The zero-order valence-corrected chi connectivity index (χ0v) is 14.3. The molecule has 0 spiro atoms. The van der Waals surface area contributed by atoms with Gasteiger partial charge in [-0.15, -0.1) is 0 Å². The molecule has 1 aliphatic rings. The van der Waals surface area contributed by atoms with Gasteiger partial charge in [0.15, 0.2) is 0 Å². The van der Waals surface area contributed by atoms with Crippen LogP contribution in [0.2, 0.25) is 0 Å². The van der Waals surface area contributed by atoms with Gasteiger partial charge in [0.05, 0.1) is 6.10 Å². The zero-order chi connectivity index (χ0) is 17.5. The molecule has 130 valence electrons. The molecular weight excluding hydrogens is 306 g/mol. The van der Waals surface area contributed by atoms with E-state index in [2.05, 4.69) is 9.88 Å². The molecule has 1 unspecified atom stereocenters. The Bertz CT molecular complexity index is 649. The van der Waals surface area contributed by atoms with E-state index in [0.29, 0.717) is 13.0 Å². The van der Waals surface area contributed by atoms with Crippen molar-refractivity contribution in [3.05, 3.63) is 28.6 Å². The summed E-state index contributed by atoms with van der Waals surface area (Å²) in [5.41, 5.74) is 3.07. The zero-order valence-electron chi connectivity index (χ0n) is 14.3. The molecule has 2 N–H and O–H groups in total. The van der Waals surface area contributed by atoms with Gasteiger partial charge in [0.2, 0.25) is 0 Å². The lowest BCUT2D eigenvalue weighted by Gasteiger charge is -2.14. The van der Waals surface area contributed by atoms with Crippen LogP contribution < -0.4 is 5.32 Å². The third-order valence-corrected chi connectivity index (χ3v) is 4.31. The molecule has 2 heterocycles. The standard InChI is InChI=1S/C18H25N3O3/c1-13-9-15(10-16(11-19)18(23)20-6-4-7-22)14(2)21(13)12-17-5-3-8-24-17/h9-10,17,22H,3-8,12H2,1-2H3,(H,20,23)/b16-10-. The minimum atomic E-state index is -0.408. The van der Waals surface area contributed by atoms with Crippen LogP contribution in [-0.4, -0.2) is 41.4 Å². The first-order valence-electron chi connectivity index (χ1n) is 8.36. The van der Waals surface area contributed by atoms with Crippen molar-refractivity contribution in [3.8, 4) is 6.07 Å². The second kappa shape index (κ2) is 8.67. The quantitative estimate of drug-likeness (QED) is 0.452. The van der Waals surface area contributed by atoms with E-state index >= 15 is 0 Å². The molecule has 1 aliphatic heterocycles. The van der Waals surface area contributed by atoms with Crippen LogP contribution in [-0.2, 0) is 16.1 Å². The van der Waals surface area contributed by atoms with Gasteiger partial charge < -0.3 is 19.7 Å². The monoisotopic (exact) mass is 331 g/mol. The van der Waals surface area contributed by atoms with Crippen LogP contribution in [0.4, 0.5) is 0 Å². The van der Waals surface area contributed by atoms with E-state index in [1.165, 1.54) is 0 Å². The molecule has 1 atom stereocenters. The number of carbonyl (C=O) groups is 1. The van der Waals surface area contributed by atoms with E-state index in [0.717, 1.165) is 42.9 Å². The van der Waals surface area contributed by atoms with Crippen LogP contribution in [0.25, 0.3) is 6.08 Å². The van der Waals surface area contributed by atoms with E-state index < -0.39 is 5.91 Å². The number of ether oxygens (including phenoxy) is 1. The lowest BCUT2D eigenvalue weighted by molar-refractivity contribution is -0.117. The number of rotatable bonds is 7. The van der Waals surface area contributed by atoms with Gasteiger partial charge in [-0.3, -0.25) is 4.79 Å². The van der Waals surface area contributed by atoms with Crippen LogP contribution in [0.5, 0.6) is 0 Å². The Balaban J connectivity index is 2.15. The average molecular weight is 331 g/mol. The summed E-state index contributed by atoms with van der Waals surface area (Å²) in [7, 11) is 0. The summed E-state index contributed by atoms with van der Waals surface area (Å²) in [6, 6.07) is 3.95. The predicted octanol–water partition coefficient (Wildman–Crippen LogP) is 1.69. The first kappa shape index (κ1) is 18.2. The molecular formula is C18H25N3O3. The molecule has 1 saturated heterocycles. The Morgan fingerprint density at radius 2 is 2.38 bits per heavy atom. The number of aryl methyl sites for hydroxylation is 1. The van der Waals surface area contributed by atoms with E-state index in [1.807, 2.05) is 26.0 Å². The summed E-state index contributed by atoms with van der Waals surface area (Å²) < 4.78 is 7.88. The third kappa shape index (κ3) is 4.47. The number of aromatic nitrogens is 1. The lowest BCUT2D eigenvalue weighted by Crippen LogP contribution is -2.26. The van der Waals surface area contributed by atoms with Crippen LogP contribution in [0.15, 0.2) is 11.6 Å². The van der Waals surface area contributed by atoms with Crippen molar-refractivity contribution in [3.63, 3.8) is 0 Å². The second-order valence-electron chi connectivity index (χ2n) is 6.07. The molecule has 0 aliphatic carbocycles. The fraction of sp³-hybridized carbons (Fsp3) is 0.556. The largest absolute Gasteiger partial charge is 0.396 e. The van der Waals surface area contributed by atoms with Crippen LogP contribution >= 0.6 is 0 Å². The number of aliphatic hydroxyl groups is 1. The highest BCUT2D eigenvalue weighted by Crippen LogP contribution is 2.22. The van der Waals surface area contributed by atoms with E-state index in [9.17, 15) is 10.1 Å². The molecule has 0 radical (unpaired) electrons. The van der Waals surface area contributed by atoms with Crippen molar-refractivity contribution < 1.29 is 14.6 Å². The Morgan fingerprint density at radius 1 is 1.58 bits per heavy atom.